The van der Waals surface area contributed by atoms with E-state index >= 15 is 0 Å². The Hall–Kier alpha value is -1.89. The van der Waals surface area contributed by atoms with E-state index in [0.717, 1.165) is 25.9 Å². The molecule has 1 spiro atoms. The van der Waals surface area contributed by atoms with E-state index in [1.165, 1.54) is 12.4 Å². The lowest BCUT2D eigenvalue weighted by Crippen LogP contribution is -2.39. The van der Waals surface area contributed by atoms with Gasteiger partial charge in [-0.2, -0.15) is 5.10 Å². The molecular formula is C13H18N4O3. The van der Waals surface area contributed by atoms with Crippen LogP contribution in [0.25, 0.3) is 0 Å². The fourth-order valence-electron chi connectivity index (χ4n) is 2.95. The van der Waals surface area contributed by atoms with Crippen LogP contribution in [-0.4, -0.2) is 47.8 Å². The maximum absolute atomic E-state index is 12.1. The number of hydrogen-bond donors (Lipinski definition) is 3. The van der Waals surface area contributed by atoms with Gasteiger partial charge in [-0.05, 0) is 25.9 Å². The third-order valence-electron chi connectivity index (χ3n) is 4.14. The summed E-state index contributed by atoms with van der Waals surface area (Å²) in [5, 5.41) is 12.3. The van der Waals surface area contributed by atoms with E-state index < -0.39 is 0 Å². The topological polar surface area (TPSA) is 96.1 Å². The highest BCUT2D eigenvalue weighted by atomic mass is 16.6. The number of aromatic amines is 1. The Kier molecular flexibility index (Phi) is 3.43. The van der Waals surface area contributed by atoms with Crippen molar-refractivity contribution in [3.8, 4) is 0 Å². The van der Waals surface area contributed by atoms with E-state index in [9.17, 15) is 9.59 Å². The summed E-state index contributed by atoms with van der Waals surface area (Å²) in [6, 6.07) is 0. The Morgan fingerprint density at radius 1 is 1.50 bits per heavy atom. The molecule has 2 aliphatic rings. The van der Waals surface area contributed by atoms with Crippen LogP contribution >= 0.6 is 0 Å². The van der Waals surface area contributed by atoms with Gasteiger partial charge in [-0.15, -0.1) is 0 Å². The van der Waals surface area contributed by atoms with Gasteiger partial charge in [0, 0.05) is 12.6 Å². The van der Waals surface area contributed by atoms with Crippen LogP contribution in [0, 0.1) is 5.41 Å². The summed E-state index contributed by atoms with van der Waals surface area (Å²) in [6.07, 6.45) is 5.10. The number of hydrogen-bond acceptors (Lipinski definition) is 5. The molecule has 108 valence electrons. The van der Waals surface area contributed by atoms with E-state index in [2.05, 4.69) is 20.8 Å². The Morgan fingerprint density at radius 3 is 3.00 bits per heavy atom. The highest BCUT2D eigenvalue weighted by Gasteiger charge is 2.49. The number of nitrogens with zero attached hydrogens (tertiary/aromatic N) is 1. The van der Waals surface area contributed by atoms with Gasteiger partial charge in [0.15, 0.2) is 0 Å². The number of cyclic esters (lactones) is 1. The van der Waals surface area contributed by atoms with Crippen LogP contribution in [0.15, 0.2) is 12.4 Å². The van der Waals surface area contributed by atoms with E-state index in [1.54, 1.807) is 0 Å². The first-order valence-electron chi connectivity index (χ1n) is 6.88. The molecule has 20 heavy (non-hydrogen) atoms. The second kappa shape index (κ2) is 5.24. The zero-order chi connectivity index (χ0) is 14.0. The highest BCUT2D eigenvalue weighted by molar-refractivity contribution is 5.93. The van der Waals surface area contributed by atoms with Gasteiger partial charge in [-0.3, -0.25) is 14.7 Å². The number of esters is 1. The molecule has 7 nitrogen and oxygen atoms in total. The summed E-state index contributed by atoms with van der Waals surface area (Å²) < 4.78 is 5.42. The van der Waals surface area contributed by atoms with Crippen LogP contribution in [0.1, 0.15) is 29.6 Å². The summed E-state index contributed by atoms with van der Waals surface area (Å²) >= 11 is 0. The quantitative estimate of drug-likeness (QED) is 0.667. The van der Waals surface area contributed by atoms with Gasteiger partial charge in [0.2, 0.25) is 0 Å². The number of nitrogens with one attached hydrogen (secondary N) is 3. The minimum absolute atomic E-state index is 0.110. The molecule has 1 unspecified atom stereocenters. The largest absolute Gasteiger partial charge is 0.460 e. The van der Waals surface area contributed by atoms with Crippen molar-refractivity contribution >= 4 is 11.9 Å². The Balaban J connectivity index is 1.55. The molecule has 2 aliphatic heterocycles. The minimum Gasteiger partial charge on any atom is -0.460 e. The molecule has 0 aliphatic carbocycles. The minimum atomic E-state index is -0.337. The number of rotatable bonds is 3. The first-order chi connectivity index (χ1) is 9.70. The fraction of sp³-hybridized carbons (Fsp3) is 0.615. The van der Waals surface area contributed by atoms with Gasteiger partial charge in [0.05, 0.1) is 23.7 Å². The molecule has 1 amide bonds. The molecule has 7 heteroatoms. The van der Waals surface area contributed by atoms with Crippen molar-refractivity contribution in [2.45, 2.75) is 25.4 Å². The first kappa shape index (κ1) is 13.1. The SMILES string of the molecule is O=C(NCC1CC2(CCNCC2)C(=O)O1)c1cn[nH]c1. The maximum Gasteiger partial charge on any atom is 0.312 e. The average molecular weight is 278 g/mol. The van der Waals surface area contributed by atoms with Gasteiger partial charge in [0.25, 0.3) is 5.91 Å². The third-order valence-corrected chi connectivity index (χ3v) is 4.14. The lowest BCUT2D eigenvalue weighted by molar-refractivity contribution is -0.149. The third kappa shape index (κ3) is 2.40. The van der Waals surface area contributed by atoms with Gasteiger partial charge in [-0.1, -0.05) is 0 Å². The molecule has 3 heterocycles. The molecule has 3 N–H and O–H groups in total. The maximum atomic E-state index is 12.1. The van der Waals surface area contributed by atoms with Crippen molar-refractivity contribution in [1.82, 2.24) is 20.8 Å². The number of carbonyl (C=O) groups is 2. The second-order valence-corrected chi connectivity index (χ2v) is 5.46. The van der Waals surface area contributed by atoms with Gasteiger partial charge >= 0.3 is 5.97 Å². The van der Waals surface area contributed by atoms with Gasteiger partial charge < -0.3 is 15.4 Å². The number of H-pyrrole nitrogens is 1. The molecular weight excluding hydrogens is 260 g/mol. The number of aromatic nitrogens is 2. The van der Waals surface area contributed by atoms with Crippen LogP contribution in [0.5, 0.6) is 0 Å². The first-order valence-corrected chi connectivity index (χ1v) is 6.88. The van der Waals surface area contributed by atoms with Crippen molar-refractivity contribution in [2.24, 2.45) is 5.41 Å². The number of carbonyl (C=O) groups excluding carboxylic acids is 2. The number of ether oxygens (including phenoxy) is 1. The summed E-state index contributed by atoms with van der Waals surface area (Å²) in [5.41, 5.74) is 0.141. The van der Waals surface area contributed by atoms with Crippen molar-refractivity contribution in [2.75, 3.05) is 19.6 Å². The van der Waals surface area contributed by atoms with Crippen molar-refractivity contribution in [3.05, 3.63) is 18.0 Å². The fourth-order valence-corrected chi connectivity index (χ4v) is 2.95. The lowest BCUT2D eigenvalue weighted by Gasteiger charge is -2.29. The molecule has 1 atom stereocenters. The average Bonchev–Trinajstić information content (AvgIpc) is 3.07. The van der Waals surface area contributed by atoms with Crippen LogP contribution in [-0.2, 0) is 9.53 Å². The monoisotopic (exact) mass is 278 g/mol. The van der Waals surface area contributed by atoms with E-state index in [4.69, 9.17) is 4.74 Å². The zero-order valence-electron chi connectivity index (χ0n) is 11.1. The normalized spacial score (nSPS) is 24.6. The van der Waals surface area contributed by atoms with Crippen molar-refractivity contribution < 1.29 is 14.3 Å². The summed E-state index contributed by atoms with van der Waals surface area (Å²) in [4.78, 5) is 23.8. The van der Waals surface area contributed by atoms with E-state index in [-0.39, 0.29) is 23.4 Å². The smallest absolute Gasteiger partial charge is 0.312 e. The van der Waals surface area contributed by atoms with Crippen molar-refractivity contribution in [3.63, 3.8) is 0 Å². The highest BCUT2D eigenvalue weighted by Crippen LogP contribution is 2.41. The molecule has 3 rings (SSSR count). The number of piperidine rings is 1. The van der Waals surface area contributed by atoms with Crippen LogP contribution < -0.4 is 10.6 Å². The van der Waals surface area contributed by atoms with Crippen LogP contribution in [0.3, 0.4) is 0 Å². The summed E-state index contributed by atoms with van der Waals surface area (Å²) in [5.74, 6) is -0.317. The predicted octanol–water partition coefficient (Wildman–Crippen LogP) is -0.175. The Morgan fingerprint density at radius 2 is 2.30 bits per heavy atom. The standard InChI is InChI=1S/C13H18N4O3/c18-11(9-6-16-17-7-9)15-8-10-5-13(12(19)20-10)1-3-14-4-2-13/h6-7,10,14H,1-5,8H2,(H,15,18)(H,16,17). The summed E-state index contributed by atoms with van der Waals surface area (Å²) in [6.45, 7) is 2.05. The van der Waals surface area contributed by atoms with Crippen LogP contribution in [0.4, 0.5) is 0 Å². The molecule has 2 fully saturated rings. The summed E-state index contributed by atoms with van der Waals surface area (Å²) in [7, 11) is 0. The van der Waals surface area contributed by atoms with Crippen molar-refractivity contribution in [1.29, 1.82) is 0 Å². The van der Waals surface area contributed by atoms with E-state index in [0.29, 0.717) is 18.5 Å². The number of amides is 1. The molecule has 0 aromatic carbocycles. The molecule has 0 saturated carbocycles. The molecule has 1 aromatic heterocycles. The molecule has 1 aromatic rings. The van der Waals surface area contributed by atoms with Gasteiger partial charge in [0.1, 0.15) is 6.10 Å². The molecule has 2 saturated heterocycles. The molecule has 0 radical (unpaired) electrons. The molecule has 0 bridgehead atoms. The lowest BCUT2D eigenvalue weighted by atomic mass is 9.76. The van der Waals surface area contributed by atoms with Crippen LogP contribution in [0.2, 0.25) is 0 Å². The predicted molar refractivity (Wildman–Crippen MR) is 70.0 cm³/mol. The second-order valence-electron chi connectivity index (χ2n) is 5.46. The Bertz CT molecular complexity index is 494. The Labute approximate surface area is 116 Å². The zero-order valence-corrected chi connectivity index (χ0v) is 11.1. The van der Waals surface area contributed by atoms with Gasteiger partial charge in [-0.25, -0.2) is 0 Å². The van der Waals surface area contributed by atoms with E-state index in [1.807, 2.05) is 0 Å².